The molecule has 8 heteroatoms. The Labute approximate surface area is 200 Å². The van der Waals surface area contributed by atoms with Crippen LogP contribution in [0.4, 0.5) is 0 Å². The molecule has 4 rings (SSSR count). The number of allylic oxidation sites excluding steroid dienone is 1. The number of nitriles is 1. The van der Waals surface area contributed by atoms with E-state index in [4.69, 9.17) is 43.1 Å². The predicted molar refractivity (Wildman–Crippen MR) is 125 cm³/mol. The fourth-order valence-electron chi connectivity index (χ4n) is 3.55. The number of hydrogen-bond donors (Lipinski definition) is 1. The van der Waals surface area contributed by atoms with Gasteiger partial charge in [-0.05, 0) is 55.0 Å². The van der Waals surface area contributed by atoms with Crippen molar-refractivity contribution in [2.75, 3.05) is 6.61 Å². The minimum Gasteiger partial charge on any atom is -0.494 e. The molecule has 0 amide bonds. The zero-order chi connectivity index (χ0) is 23.5. The molecule has 166 valence electrons. The number of fused-ring (bicyclic) bond motifs is 1. The Morgan fingerprint density at radius 3 is 2.45 bits per heavy atom. The first-order chi connectivity index (χ1) is 15.9. The van der Waals surface area contributed by atoms with Crippen molar-refractivity contribution in [3.63, 3.8) is 0 Å². The average molecular weight is 481 g/mol. The van der Waals surface area contributed by atoms with E-state index in [0.717, 1.165) is 5.56 Å². The van der Waals surface area contributed by atoms with Gasteiger partial charge in [0.15, 0.2) is 0 Å². The fraction of sp³-hybridized carbons (Fsp3) is 0.120. The van der Waals surface area contributed by atoms with E-state index in [1.165, 1.54) is 0 Å². The van der Waals surface area contributed by atoms with Crippen molar-refractivity contribution >= 4 is 29.2 Å². The Bertz CT molecular complexity index is 1300. The van der Waals surface area contributed by atoms with E-state index in [0.29, 0.717) is 39.3 Å². The number of carbonyl (C=O) groups excluding carboxylic acids is 1. The summed E-state index contributed by atoms with van der Waals surface area (Å²) in [6.07, 6.45) is 0. The van der Waals surface area contributed by atoms with Crippen LogP contribution in [0.15, 0.2) is 72.1 Å². The Kier molecular flexibility index (Phi) is 6.45. The molecule has 33 heavy (non-hydrogen) atoms. The third kappa shape index (κ3) is 4.61. The SMILES string of the molecule is CCOc1ccc(C(=O)Oc2ccc3c(c2)OC(N)=C(C#N)C3c2ccc(Cl)c(Cl)c2)cc1. The minimum atomic E-state index is -0.531. The summed E-state index contributed by atoms with van der Waals surface area (Å²) in [4.78, 5) is 12.6. The lowest BCUT2D eigenvalue weighted by Crippen LogP contribution is -2.21. The Morgan fingerprint density at radius 1 is 1.06 bits per heavy atom. The summed E-state index contributed by atoms with van der Waals surface area (Å²) in [6, 6.07) is 18.8. The highest BCUT2D eigenvalue weighted by atomic mass is 35.5. The van der Waals surface area contributed by atoms with Gasteiger partial charge in [0.25, 0.3) is 0 Å². The van der Waals surface area contributed by atoms with Crippen LogP contribution in [0.25, 0.3) is 0 Å². The van der Waals surface area contributed by atoms with Crippen molar-refractivity contribution in [1.29, 1.82) is 5.26 Å². The van der Waals surface area contributed by atoms with Crippen LogP contribution in [0.5, 0.6) is 17.2 Å². The second-order valence-electron chi connectivity index (χ2n) is 7.14. The van der Waals surface area contributed by atoms with Crippen LogP contribution >= 0.6 is 23.2 Å². The number of hydrogen-bond acceptors (Lipinski definition) is 6. The molecular weight excluding hydrogens is 463 g/mol. The molecule has 3 aromatic rings. The molecule has 2 N–H and O–H groups in total. The molecule has 3 aromatic carbocycles. The quantitative estimate of drug-likeness (QED) is 0.364. The summed E-state index contributed by atoms with van der Waals surface area (Å²) >= 11 is 12.2. The van der Waals surface area contributed by atoms with Crippen LogP contribution in [0.1, 0.15) is 34.3 Å². The zero-order valence-electron chi connectivity index (χ0n) is 17.5. The Hall–Kier alpha value is -3.66. The number of rotatable bonds is 5. The minimum absolute atomic E-state index is 0.0314. The van der Waals surface area contributed by atoms with Gasteiger partial charge in [-0.15, -0.1) is 0 Å². The highest BCUT2D eigenvalue weighted by Gasteiger charge is 2.31. The molecule has 6 nitrogen and oxygen atoms in total. The summed E-state index contributed by atoms with van der Waals surface area (Å²) in [5, 5.41) is 10.5. The number of nitrogens with two attached hydrogens (primary N) is 1. The standard InChI is InChI=1S/C25H18Cl2N2O4/c1-2-31-16-6-3-14(4-7-16)25(30)32-17-8-9-18-22(12-17)33-24(29)19(13-28)23(18)15-5-10-20(26)21(27)11-15/h3-12,23H,2,29H2,1H3. The molecule has 0 saturated heterocycles. The second kappa shape index (κ2) is 9.45. The number of carbonyl (C=O) groups is 1. The lowest BCUT2D eigenvalue weighted by Gasteiger charge is -2.27. The van der Waals surface area contributed by atoms with E-state index in [2.05, 4.69) is 6.07 Å². The van der Waals surface area contributed by atoms with Gasteiger partial charge in [0, 0.05) is 11.6 Å². The Morgan fingerprint density at radius 2 is 1.79 bits per heavy atom. The topological polar surface area (TPSA) is 94.6 Å². The van der Waals surface area contributed by atoms with Gasteiger partial charge in [-0.2, -0.15) is 5.26 Å². The average Bonchev–Trinajstić information content (AvgIpc) is 2.80. The molecule has 0 fully saturated rings. The first-order valence-electron chi connectivity index (χ1n) is 10.0. The summed E-state index contributed by atoms with van der Waals surface area (Å²) in [7, 11) is 0. The van der Waals surface area contributed by atoms with Crippen molar-refractivity contribution < 1.29 is 19.0 Å². The van der Waals surface area contributed by atoms with Gasteiger partial charge < -0.3 is 19.9 Å². The van der Waals surface area contributed by atoms with Crippen LogP contribution in [-0.2, 0) is 0 Å². The molecule has 0 saturated carbocycles. The molecule has 1 aliphatic heterocycles. The van der Waals surface area contributed by atoms with E-state index < -0.39 is 11.9 Å². The van der Waals surface area contributed by atoms with E-state index in [1.807, 2.05) is 6.92 Å². The highest BCUT2D eigenvalue weighted by molar-refractivity contribution is 6.42. The number of benzene rings is 3. The van der Waals surface area contributed by atoms with Crippen LogP contribution in [0, 0.1) is 11.3 Å². The monoisotopic (exact) mass is 480 g/mol. The highest BCUT2D eigenvalue weighted by Crippen LogP contribution is 2.44. The molecule has 1 atom stereocenters. The normalized spacial score (nSPS) is 14.7. The number of nitrogens with zero attached hydrogens (tertiary/aromatic N) is 1. The van der Waals surface area contributed by atoms with Gasteiger partial charge >= 0.3 is 5.97 Å². The summed E-state index contributed by atoms with van der Waals surface area (Å²) in [6.45, 7) is 2.42. The number of halogens is 2. The largest absolute Gasteiger partial charge is 0.494 e. The molecule has 0 radical (unpaired) electrons. The van der Waals surface area contributed by atoms with Gasteiger partial charge in [0.05, 0.1) is 28.1 Å². The van der Waals surface area contributed by atoms with Crippen molar-refractivity contribution in [3.8, 4) is 23.3 Å². The van der Waals surface area contributed by atoms with Crippen LogP contribution in [-0.4, -0.2) is 12.6 Å². The van der Waals surface area contributed by atoms with Gasteiger partial charge in [0.1, 0.15) is 28.9 Å². The molecule has 0 spiro atoms. The van der Waals surface area contributed by atoms with Gasteiger partial charge in [-0.1, -0.05) is 35.3 Å². The maximum absolute atomic E-state index is 12.6. The number of esters is 1. The van der Waals surface area contributed by atoms with Crippen LogP contribution in [0.3, 0.4) is 0 Å². The molecule has 1 heterocycles. The van der Waals surface area contributed by atoms with Crippen molar-refractivity contribution in [2.24, 2.45) is 5.73 Å². The van der Waals surface area contributed by atoms with E-state index in [1.54, 1.807) is 60.7 Å². The van der Waals surface area contributed by atoms with Crippen LogP contribution in [0.2, 0.25) is 10.0 Å². The zero-order valence-corrected chi connectivity index (χ0v) is 19.0. The van der Waals surface area contributed by atoms with Crippen molar-refractivity contribution in [1.82, 2.24) is 0 Å². The Balaban J connectivity index is 1.64. The lowest BCUT2D eigenvalue weighted by atomic mass is 9.83. The predicted octanol–water partition coefficient (Wildman–Crippen LogP) is 5.83. The third-order valence-electron chi connectivity index (χ3n) is 5.08. The molecule has 1 unspecified atom stereocenters. The van der Waals surface area contributed by atoms with E-state index in [-0.39, 0.29) is 17.2 Å². The van der Waals surface area contributed by atoms with Gasteiger partial charge in [0.2, 0.25) is 5.88 Å². The molecule has 0 bridgehead atoms. The molecule has 0 aromatic heterocycles. The van der Waals surface area contributed by atoms with Crippen molar-refractivity contribution in [2.45, 2.75) is 12.8 Å². The smallest absolute Gasteiger partial charge is 0.343 e. The molecular formula is C25H18Cl2N2O4. The fourth-order valence-corrected chi connectivity index (χ4v) is 3.86. The number of ether oxygens (including phenoxy) is 3. The molecule has 1 aliphatic rings. The van der Waals surface area contributed by atoms with Gasteiger partial charge in [-0.3, -0.25) is 0 Å². The first-order valence-corrected chi connectivity index (χ1v) is 10.8. The summed E-state index contributed by atoms with van der Waals surface area (Å²) < 4.78 is 16.6. The third-order valence-corrected chi connectivity index (χ3v) is 5.82. The maximum Gasteiger partial charge on any atom is 0.343 e. The first kappa shape index (κ1) is 22.5. The summed E-state index contributed by atoms with van der Waals surface area (Å²) in [5.74, 6) is 0.241. The van der Waals surface area contributed by atoms with Gasteiger partial charge in [-0.25, -0.2) is 4.79 Å². The van der Waals surface area contributed by atoms with E-state index >= 15 is 0 Å². The summed E-state index contributed by atoms with van der Waals surface area (Å²) in [5.41, 5.74) is 8.07. The van der Waals surface area contributed by atoms with Crippen LogP contribution < -0.4 is 19.9 Å². The van der Waals surface area contributed by atoms with Crippen molar-refractivity contribution in [3.05, 3.63) is 98.9 Å². The maximum atomic E-state index is 12.6. The molecule has 0 aliphatic carbocycles. The van der Waals surface area contributed by atoms with E-state index in [9.17, 15) is 10.1 Å². The lowest BCUT2D eigenvalue weighted by molar-refractivity contribution is 0.0734. The second-order valence-corrected chi connectivity index (χ2v) is 7.96.